The maximum atomic E-state index is 13.5. The molecule has 1 amide bonds. The number of esters is 1. The standard InChI is InChI=1S/C15H18FNO3/c1-20-15(19)12-9-11(7-8-13(12)16)17-14(18)10-5-3-2-4-6-10/h7-10H,2-6H2,1H3,(H,17,18). The first-order chi connectivity index (χ1) is 9.61. The van der Waals surface area contributed by atoms with E-state index >= 15 is 0 Å². The topological polar surface area (TPSA) is 55.4 Å². The van der Waals surface area contributed by atoms with E-state index in [4.69, 9.17) is 0 Å². The van der Waals surface area contributed by atoms with Crippen molar-refractivity contribution >= 4 is 17.6 Å². The average molecular weight is 279 g/mol. The van der Waals surface area contributed by atoms with E-state index in [0.29, 0.717) is 5.69 Å². The van der Waals surface area contributed by atoms with Gasteiger partial charge in [0.05, 0.1) is 12.7 Å². The molecule has 1 saturated carbocycles. The molecule has 5 heteroatoms. The van der Waals surface area contributed by atoms with E-state index in [1.807, 2.05) is 0 Å². The van der Waals surface area contributed by atoms with E-state index in [1.165, 1.54) is 25.7 Å². The maximum Gasteiger partial charge on any atom is 0.340 e. The number of amides is 1. The summed E-state index contributed by atoms with van der Waals surface area (Å²) in [5, 5.41) is 2.74. The van der Waals surface area contributed by atoms with Crippen molar-refractivity contribution in [1.82, 2.24) is 0 Å². The molecule has 108 valence electrons. The Kier molecular flexibility index (Phi) is 4.71. The van der Waals surface area contributed by atoms with Gasteiger partial charge >= 0.3 is 5.97 Å². The van der Waals surface area contributed by atoms with E-state index in [2.05, 4.69) is 10.1 Å². The van der Waals surface area contributed by atoms with Crippen molar-refractivity contribution < 1.29 is 18.7 Å². The monoisotopic (exact) mass is 279 g/mol. The molecule has 1 aromatic rings. The second-order valence-electron chi connectivity index (χ2n) is 5.01. The van der Waals surface area contributed by atoms with E-state index in [9.17, 15) is 14.0 Å². The molecular weight excluding hydrogens is 261 g/mol. The Morgan fingerprint density at radius 2 is 1.95 bits per heavy atom. The molecule has 1 aliphatic carbocycles. The molecule has 4 nitrogen and oxygen atoms in total. The third-order valence-corrected chi connectivity index (χ3v) is 3.62. The van der Waals surface area contributed by atoms with Crippen LogP contribution in [0.15, 0.2) is 18.2 Å². The molecule has 0 bridgehead atoms. The molecule has 0 saturated heterocycles. The number of nitrogens with one attached hydrogen (secondary N) is 1. The number of hydrogen-bond donors (Lipinski definition) is 1. The summed E-state index contributed by atoms with van der Waals surface area (Å²) >= 11 is 0. The lowest BCUT2D eigenvalue weighted by atomic mass is 9.88. The molecule has 0 spiro atoms. The molecule has 2 rings (SSSR count). The average Bonchev–Trinajstić information content (AvgIpc) is 2.49. The number of halogens is 1. The highest BCUT2D eigenvalue weighted by Gasteiger charge is 2.21. The predicted octanol–water partition coefficient (Wildman–Crippen LogP) is 3.13. The Balaban J connectivity index is 2.09. The largest absolute Gasteiger partial charge is 0.465 e. The van der Waals surface area contributed by atoms with Crippen molar-refractivity contribution in [3.8, 4) is 0 Å². The number of carbonyl (C=O) groups is 2. The summed E-state index contributed by atoms with van der Waals surface area (Å²) < 4.78 is 18.0. The van der Waals surface area contributed by atoms with Crippen LogP contribution >= 0.6 is 0 Å². The van der Waals surface area contributed by atoms with Crippen LogP contribution in [-0.2, 0) is 9.53 Å². The first kappa shape index (κ1) is 14.5. The molecule has 1 fully saturated rings. The Labute approximate surface area is 117 Å². The summed E-state index contributed by atoms with van der Waals surface area (Å²) in [7, 11) is 1.19. The fourth-order valence-corrected chi connectivity index (χ4v) is 2.48. The fraction of sp³-hybridized carbons (Fsp3) is 0.467. The molecule has 20 heavy (non-hydrogen) atoms. The van der Waals surface area contributed by atoms with Gasteiger partial charge in [0.2, 0.25) is 5.91 Å². The van der Waals surface area contributed by atoms with Gasteiger partial charge in [-0.1, -0.05) is 19.3 Å². The van der Waals surface area contributed by atoms with Crippen molar-refractivity contribution in [2.24, 2.45) is 5.92 Å². The molecule has 1 aliphatic rings. The van der Waals surface area contributed by atoms with Crippen molar-refractivity contribution in [2.75, 3.05) is 12.4 Å². The smallest absolute Gasteiger partial charge is 0.340 e. The Hall–Kier alpha value is -1.91. The number of methoxy groups -OCH3 is 1. The zero-order valence-corrected chi connectivity index (χ0v) is 11.4. The van der Waals surface area contributed by atoms with Gasteiger partial charge in [0.25, 0.3) is 0 Å². The van der Waals surface area contributed by atoms with Crippen LogP contribution in [0.3, 0.4) is 0 Å². The summed E-state index contributed by atoms with van der Waals surface area (Å²) in [5.41, 5.74) is 0.247. The van der Waals surface area contributed by atoms with E-state index in [0.717, 1.165) is 31.7 Å². The van der Waals surface area contributed by atoms with Crippen LogP contribution in [0.2, 0.25) is 0 Å². The second kappa shape index (κ2) is 6.50. The van der Waals surface area contributed by atoms with Crippen molar-refractivity contribution in [1.29, 1.82) is 0 Å². The van der Waals surface area contributed by atoms with Gasteiger partial charge in [0.15, 0.2) is 0 Å². The van der Waals surface area contributed by atoms with Crippen LogP contribution in [0.1, 0.15) is 42.5 Å². The van der Waals surface area contributed by atoms with Gasteiger partial charge in [-0.2, -0.15) is 0 Å². The summed E-state index contributed by atoms with van der Waals surface area (Å²) in [6.45, 7) is 0. The lowest BCUT2D eigenvalue weighted by Crippen LogP contribution is -2.24. The van der Waals surface area contributed by atoms with Crippen LogP contribution in [-0.4, -0.2) is 19.0 Å². The first-order valence-electron chi connectivity index (χ1n) is 6.80. The third-order valence-electron chi connectivity index (χ3n) is 3.62. The van der Waals surface area contributed by atoms with Crippen LogP contribution < -0.4 is 5.32 Å². The molecule has 0 heterocycles. The van der Waals surface area contributed by atoms with Crippen molar-refractivity contribution in [3.63, 3.8) is 0 Å². The fourth-order valence-electron chi connectivity index (χ4n) is 2.48. The second-order valence-corrected chi connectivity index (χ2v) is 5.01. The molecule has 1 aromatic carbocycles. The number of hydrogen-bond acceptors (Lipinski definition) is 3. The summed E-state index contributed by atoms with van der Waals surface area (Å²) in [6.07, 6.45) is 5.07. The van der Waals surface area contributed by atoms with Crippen LogP contribution in [0, 0.1) is 11.7 Å². The van der Waals surface area contributed by atoms with Crippen LogP contribution in [0.25, 0.3) is 0 Å². The number of benzene rings is 1. The highest BCUT2D eigenvalue weighted by atomic mass is 19.1. The van der Waals surface area contributed by atoms with E-state index < -0.39 is 11.8 Å². The minimum Gasteiger partial charge on any atom is -0.465 e. The molecule has 0 unspecified atom stereocenters. The first-order valence-corrected chi connectivity index (χ1v) is 6.80. The quantitative estimate of drug-likeness (QED) is 0.865. The lowest BCUT2D eigenvalue weighted by Gasteiger charge is -2.20. The lowest BCUT2D eigenvalue weighted by molar-refractivity contribution is -0.120. The van der Waals surface area contributed by atoms with Gasteiger partial charge in [-0.25, -0.2) is 9.18 Å². The summed E-state index contributed by atoms with van der Waals surface area (Å²) in [6, 6.07) is 3.91. The SMILES string of the molecule is COC(=O)c1cc(NC(=O)C2CCCCC2)ccc1F. The van der Waals surface area contributed by atoms with Gasteiger partial charge in [-0.15, -0.1) is 0 Å². The molecule has 0 atom stereocenters. The van der Waals surface area contributed by atoms with Gasteiger partial charge < -0.3 is 10.1 Å². The Morgan fingerprint density at radius 3 is 2.60 bits per heavy atom. The van der Waals surface area contributed by atoms with E-state index in [1.54, 1.807) is 0 Å². The van der Waals surface area contributed by atoms with Gasteiger partial charge in [-0.05, 0) is 31.0 Å². The van der Waals surface area contributed by atoms with Gasteiger partial charge in [0, 0.05) is 11.6 Å². The Morgan fingerprint density at radius 1 is 1.25 bits per heavy atom. The third kappa shape index (κ3) is 3.35. The highest BCUT2D eigenvalue weighted by molar-refractivity contribution is 5.95. The minimum atomic E-state index is -0.753. The van der Waals surface area contributed by atoms with Crippen LogP contribution in [0.5, 0.6) is 0 Å². The van der Waals surface area contributed by atoms with E-state index in [-0.39, 0.29) is 17.4 Å². The van der Waals surface area contributed by atoms with Crippen molar-refractivity contribution in [3.05, 3.63) is 29.6 Å². The molecular formula is C15H18FNO3. The minimum absolute atomic E-state index is 0.00961. The Bertz CT molecular complexity index is 510. The highest BCUT2D eigenvalue weighted by Crippen LogP contribution is 2.25. The van der Waals surface area contributed by atoms with Gasteiger partial charge in [0.1, 0.15) is 5.82 Å². The number of ether oxygens (including phenoxy) is 1. The molecule has 0 aromatic heterocycles. The van der Waals surface area contributed by atoms with Gasteiger partial charge in [-0.3, -0.25) is 4.79 Å². The van der Waals surface area contributed by atoms with Crippen molar-refractivity contribution in [2.45, 2.75) is 32.1 Å². The number of rotatable bonds is 3. The number of anilines is 1. The zero-order valence-electron chi connectivity index (χ0n) is 11.4. The zero-order chi connectivity index (χ0) is 14.5. The summed E-state index contributed by atoms with van der Waals surface area (Å²) in [5.74, 6) is -1.47. The normalized spacial score (nSPS) is 15.7. The van der Waals surface area contributed by atoms with Crippen LogP contribution in [0.4, 0.5) is 10.1 Å². The summed E-state index contributed by atoms with van der Waals surface area (Å²) in [4.78, 5) is 23.5. The molecule has 0 radical (unpaired) electrons. The maximum absolute atomic E-state index is 13.5. The number of carbonyl (C=O) groups excluding carboxylic acids is 2. The molecule has 1 N–H and O–H groups in total. The molecule has 0 aliphatic heterocycles. The predicted molar refractivity (Wildman–Crippen MR) is 72.9 cm³/mol.